The number of aliphatic hydroxyl groups is 1. The van der Waals surface area contributed by atoms with E-state index in [0.717, 1.165) is 12.0 Å². The van der Waals surface area contributed by atoms with Gasteiger partial charge in [0.15, 0.2) is 0 Å². The summed E-state index contributed by atoms with van der Waals surface area (Å²) >= 11 is 0. The maximum absolute atomic E-state index is 13.2. The van der Waals surface area contributed by atoms with Gasteiger partial charge < -0.3 is 14.3 Å². The second-order valence-corrected chi connectivity index (χ2v) is 8.10. The van der Waals surface area contributed by atoms with Gasteiger partial charge in [0.05, 0.1) is 23.8 Å². The molecule has 1 atom stereocenters. The molecule has 1 N–H and O–H groups in total. The molecule has 0 bridgehead atoms. The van der Waals surface area contributed by atoms with Crippen LogP contribution in [0.25, 0.3) is 5.76 Å². The molecule has 2 aromatic carbocycles. The third-order valence-corrected chi connectivity index (χ3v) is 5.66. The summed E-state index contributed by atoms with van der Waals surface area (Å²) in [6.45, 7) is 6.19. The first kappa shape index (κ1) is 22.9. The molecule has 1 unspecified atom stereocenters. The van der Waals surface area contributed by atoms with Crippen LogP contribution in [0, 0.1) is 25.2 Å². The molecule has 1 aliphatic heterocycles. The fraction of sp³-hybridized carbons (Fsp3) is 0.222. The molecule has 34 heavy (non-hydrogen) atoms. The molecule has 1 amide bonds. The van der Waals surface area contributed by atoms with Crippen molar-refractivity contribution >= 4 is 23.1 Å². The molecule has 0 radical (unpaired) electrons. The van der Waals surface area contributed by atoms with Gasteiger partial charge in [-0.25, -0.2) is 0 Å². The van der Waals surface area contributed by atoms with Gasteiger partial charge >= 0.3 is 0 Å². The minimum absolute atomic E-state index is 0.0645. The summed E-state index contributed by atoms with van der Waals surface area (Å²) in [6, 6.07) is 15.9. The molecule has 1 aliphatic rings. The van der Waals surface area contributed by atoms with E-state index in [0.29, 0.717) is 40.7 Å². The second kappa shape index (κ2) is 9.28. The summed E-state index contributed by atoms with van der Waals surface area (Å²) < 4.78 is 11.5. The highest BCUT2D eigenvalue weighted by Crippen LogP contribution is 2.43. The number of anilines is 1. The molecule has 2 heterocycles. The number of ether oxygens (including phenoxy) is 1. The first-order valence-electron chi connectivity index (χ1n) is 11.0. The monoisotopic (exact) mass is 456 g/mol. The number of ketones is 1. The molecule has 7 nitrogen and oxygen atoms in total. The number of Topliss-reactive ketones (excluding diaryl/α,β-unsaturated/α-hetero) is 1. The lowest BCUT2D eigenvalue weighted by Gasteiger charge is -2.23. The topological polar surface area (TPSA) is 104 Å². The standard InChI is InChI=1S/C27H24N2O5/c1-4-13-33-21-12-8-19(14-16(21)2)25(30)23-24(22-11-5-17(3)34-22)29(27(32)26(23)31)20-9-6-18(15-28)7-10-20/h5-12,14,24,30H,4,13H2,1-3H3/b25-23-. The fourth-order valence-corrected chi connectivity index (χ4v) is 3.99. The van der Waals surface area contributed by atoms with Crippen LogP contribution in [0.3, 0.4) is 0 Å². The minimum Gasteiger partial charge on any atom is -0.507 e. The van der Waals surface area contributed by atoms with Crippen LogP contribution in [-0.2, 0) is 9.59 Å². The van der Waals surface area contributed by atoms with Gasteiger partial charge in [-0.15, -0.1) is 0 Å². The summed E-state index contributed by atoms with van der Waals surface area (Å²) in [6.07, 6.45) is 0.864. The Balaban J connectivity index is 1.85. The zero-order valence-corrected chi connectivity index (χ0v) is 19.2. The fourth-order valence-electron chi connectivity index (χ4n) is 3.99. The first-order valence-corrected chi connectivity index (χ1v) is 11.0. The Hall–Kier alpha value is -4.31. The number of carbonyl (C=O) groups is 2. The number of benzene rings is 2. The number of hydrogen-bond acceptors (Lipinski definition) is 6. The summed E-state index contributed by atoms with van der Waals surface area (Å²) in [5.41, 5.74) is 1.97. The Bertz CT molecular complexity index is 1330. The Labute approximate surface area is 197 Å². The highest BCUT2D eigenvalue weighted by molar-refractivity contribution is 6.51. The molecule has 0 spiro atoms. The highest BCUT2D eigenvalue weighted by Gasteiger charge is 2.48. The lowest BCUT2D eigenvalue weighted by atomic mass is 9.98. The van der Waals surface area contributed by atoms with Gasteiger partial charge in [0.25, 0.3) is 11.7 Å². The van der Waals surface area contributed by atoms with Gasteiger partial charge in [-0.2, -0.15) is 5.26 Å². The smallest absolute Gasteiger partial charge is 0.300 e. The van der Waals surface area contributed by atoms with Crippen LogP contribution in [0.2, 0.25) is 0 Å². The van der Waals surface area contributed by atoms with Crippen LogP contribution in [-0.4, -0.2) is 23.4 Å². The SMILES string of the molecule is CCCOc1ccc(/C(O)=C2/C(=O)C(=O)N(c3ccc(C#N)cc3)C2c2ccc(C)o2)cc1C. The molecule has 172 valence electrons. The van der Waals surface area contributed by atoms with E-state index in [1.807, 2.05) is 19.9 Å². The van der Waals surface area contributed by atoms with Crippen LogP contribution in [0.15, 0.2) is 64.6 Å². The Morgan fingerprint density at radius 3 is 2.44 bits per heavy atom. The zero-order valence-electron chi connectivity index (χ0n) is 19.2. The van der Waals surface area contributed by atoms with E-state index in [1.54, 1.807) is 61.5 Å². The largest absolute Gasteiger partial charge is 0.507 e. The summed E-state index contributed by atoms with van der Waals surface area (Å²) in [5, 5.41) is 20.3. The molecule has 0 aliphatic carbocycles. The Kier molecular flexibility index (Phi) is 6.24. The second-order valence-electron chi connectivity index (χ2n) is 8.10. The van der Waals surface area contributed by atoms with Gasteiger partial charge in [-0.1, -0.05) is 6.92 Å². The van der Waals surface area contributed by atoms with Crippen LogP contribution in [0.1, 0.15) is 47.6 Å². The van der Waals surface area contributed by atoms with E-state index in [1.165, 1.54) is 4.90 Å². The normalized spacial score (nSPS) is 17.1. The summed E-state index contributed by atoms with van der Waals surface area (Å²) in [5.74, 6) is -0.251. The molecule has 1 aromatic heterocycles. The van der Waals surface area contributed by atoms with Gasteiger partial charge in [0.1, 0.15) is 29.1 Å². The number of nitriles is 1. The number of aliphatic hydroxyl groups excluding tert-OH is 1. The highest BCUT2D eigenvalue weighted by atomic mass is 16.5. The number of aryl methyl sites for hydroxylation is 2. The molecule has 7 heteroatoms. The predicted molar refractivity (Wildman–Crippen MR) is 126 cm³/mol. The molecule has 1 fully saturated rings. The molecule has 3 aromatic rings. The lowest BCUT2D eigenvalue weighted by molar-refractivity contribution is -0.132. The third-order valence-electron chi connectivity index (χ3n) is 5.66. The molecule has 4 rings (SSSR count). The maximum Gasteiger partial charge on any atom is 0.300 e. The molecular weight excluding hydrogens is 432 g/mol. The van der Waals surface area contributed by atoms with Crippen LogP contribution in [0.4, 0.5) is 5.69 Å². The average Bonchev–Trinajstić information content (AvgIpc) is 3.38. The number of furan rings is 1. The number of nitrogens with zero attached hydrogens (tertiary/aromatic N) is 2. The van der Waals surface area contributed by atoms with Gasteiger partial charge in [0.2, 0.25) is 0 Å². The molecule has 1 saturated heterocycles. The van der Waals surface area contributed by atoms with E-state index < -0.39 is 17.7 Å². The van der Waals surface area contributed by atoms with Crippen molar-refractivity contribution in [3.63, 3.8) is 0 Å². The third kappa shape index (κ3) is 4.06. The van der Waals surface area contributed by atoms with Crippen LogP contribution in [0.5, 0.6) is 5.75 Å². The Morgan fingerprint density at radius 1 is 1.12 bits per heavy atom. The van der Waals surface area contributed by atoms with Crippen molar-refractivity contribution in [3.8, 4) is 11.8 Å². The number of hydrogen-bond donors (Lipinski definition) is 1. The summed E-state index contributed by atoms with van der Waals surface area (Å²) in [4.78, 5) is 27.6. The van der Waals surface area contributed by atoms with Crippen molar-refractivity contribution in [2.24, 2.45) is 0 Å². The van der Waals surface area contributed by atoms with Crippen molar-refractivity contribution in [3.05, 3.63) is 88.4 Å². The van der Waals surface area contributed by atoms with E-state index in [9.17, 15) is 14.7 Å². The van der Waals surface area contributed by atoms with E-state index in [4.69, 9.17) is 14.4 Å². The van der Waals surface area contributed by atoms with Crippen LogP contribution < -0.4 is 9.64 Å². The molecular formula is C27H24N2O5. The van der Waals surface area contributed by atoms with Crippen molar-refractivity contribution in [2.75, 3.05) is 11.5 Å². The van der Waals surface area contributed by atoms with E-state index >= 15 is 0 Å². The lowest BCUT2D eigenvalue weighted by Crippen LogP contribution is -2.29. The first-order chi connectivity index (χ1) is 16.3. The number of carbonyl (C=O) groups excluding carboxylic acids is 2. The summed E-state index contributed by atoms with van der Waals surface area (Å²) in [7, 11) is 0. The Morgan fingerprint density at radius 2 is 1.85 bits per heavy atom. The van der Waals surface area contributed by atoms with Gasteiger partial charge in [0, 0.05) is 11.3 Å². The minimum atomic E-state index is -0.960. The number of amides is 1. The molecule has 0 saturated carbocycles. The average molecular weight is 456 g/mol. The zero-order chi connectivity index (χ0) is 24.4. The number of rotatable bonds is 6. The van der Waals surface area contributed by atoms with Gasteiger partial charge in [-0.05, 0) is 80.4 Å². The van der Waals surface area contributed by atoms with E-state index in [-0.39, 0.29) is 11.3 Å². The van der Waals surface area contributed by atoms with Crippen LogP contribution >= 0.6 is 0 Å². The van der Waals surface area contributed by atoms with E-state index in [2.05, 4.69) is 0 Å². The van der Waals surface area contributed by atoms with Crippen molar-refractivity contribution in [1.82, 2.24) is 0 Å². The van der Waals surface area contributed by atoms with Crippen molar-refractivity contribution in [2.45, 2.75) is 33.2 Å². The quantitative estimate of drug-likeness (QED) is 0.311. The van der Waals surface area contributed by atoms with Gasteiger partial charge in [-0.3, -0.25) is 14.5 Å². The van der Waals surface area contributed by atoms with Crippen molar-refractivity contribution < 1.29 is 23.8 Å². The maximum atomic E-state index is 13.2. The predicted octanol–water partition coefficient (Wildman–Crippen LogP) is 5.18. The van der Waals surface area contributed by atoms with Crippen molar-refractivity contribution in [1.29, 1.82) is 5.26 Å².